The molecule has 0 saturated carbocycles. The highest BCUT2D eigenvalue weighted by Crippen LogP contribution is 2.37. The van der Waals surface area contributed by atoms with Gasteiger partial charge in [0.15, 0.2) is 11.5 Å². The molecule has 3 aromatic rings. The molecular weight excluding hydrogens is 617 g/mol. The highest BCUT2D eigenvalue weighted by atomic mass is 32.2. The molecule has 2 aliphatic rings. The van der Waals surface area contributed by atoms with Crippen LogP contribution in [-0.4, -0.2) is 53.5 Å². The molecule has 0 unspecified atom stereocenters. The van der Waals surface area contributed by atoms with Crippen LogP contribution in [0.25, 0.3) is 6.08 Å². The first kappa shape index (κ1) is 33.3. The van der Waals surface area contributed by atoms with Crippen molar-refractivity contribution in [2.24, 2.45) is 5.92 Å². The number of thiocarbonyl (C=S) groups is 1. The summed E-state index contributed by atoms with van der Waals surface area (Å²) >= 11 is 6.94. The van der Waals surface area contributed by atoms with E-state index in [9.17, 15) is 14.9 Å². The number of amides is 1. The Hall–Kier alpha value is -4.07. The van der Waals surface area contributed by atoms with Crippen molar-refractivity contribution >= 4 is 46.1 Å². The molecule has 2 aromatic carbocycles. The van der Waals surface area contributed by atoms with E-state index in [0.29, 0.717) is 51.7 Å². The topological polar surface area (TPSA) is 87.8 Å². The molecule has 0 atom stereocenters. The third-order valence-electron chi connectivity index (χ3n) is 8.80. The molecule has 5 rings (SSSR count). The maximum Gasteiger partial charge on any atom is 0.270 e. The number of ether oxygens (including phenoxy) is 2. The van der Waals surface area contributed by atoms with Crippen molar-refractivity contribution in [1.29, 1.82) is 5.26 Å². The molecule has 240 valence electrons. The van der Waals surface area contributed by atoms with Gasteiger partial charge in [-0.15, -0.1) is 0 Å². The predicted molar refractivity (Wildman–Crippen MR) is 189 cm³/mol. The number of nitriles is 1. The highest BCUT2D eigenvalue weighted by molar-refractivity contribution is 8.26. The van der Waals surface area contributed by atoms with Gasteiger partial charge in [0.2, 0.25) is 0 Å². The first-order valence-electron chi connectivity index (χ1n) is 15.7. The lowest BCUT2D eigenvalue weighted by molar-refractivity contribution is -0.122. The number of piperidine rings is 1. The lowest BCUT2D eigenvalue weighted by atomic mass is 9.90. The summed E-state index contributed by atoms with van der Waals surface area (Å²) in [5.41, 5.74) is 3.51. The Labute approximate surface area is 280 Å². The van der Waals surface area contributed by atoms with E-state index in [1.807, 2.05) is 44.2 Å². The molecule has 10 heteroatoms. The second-order valence-corrected chi connectivity index (χ2v) is 13.4. The summed E-state index contributed by atoms with van der Waals surface area (Å²) in [5.74, 6) is 2.45. The Kier molecular flexibility index (Phi) is 10.9. The van der Waals surface area contributed by atoms with Crippen LogP contribution in [0.3, 0.4) is 0 Å². The fraction of sp³-hybridized carbons (Fsp3) is 0.389. The number of carbonyl (C=O) groups is 1. The van der Waals surface area contributed by atoms with Crippen LogP contribution in [0.5, 0.6) is 11.5 Å². The molecule has 1 aromatic heterocycles. The summed E-state index contributed by atoms with van der Waals surface area (Å²) in [6, 6.07) is 18.4. The number of carbonyl (C=O) groups excluding carboxylic acids is 1. The summed E-state index contributed by atoms with van der Waals surface area (Å²) in [6.45, 7) is 6.32. The van der Waals surface area contributed by atoms with Gasteiger partial charge in [0, 0.05) is 31.7 Å². The Bertz CT molecular complexity index is 1740. The smallest absolute Gasteiger partial charge is 0.270 e. The van der Waals surface area contributed by atoms with Crippen LogP contribution in [0.15, 0.2) is 58.2 Å². The first-order chi connectivity index (χ1) is 22.3. The monoisotopic (exact) mass is 656 g/mol. The van der Waals surface area contributed by atoms with E-state index in [1.165, 1.54) is 17.3 Å². The van der Waals surface area contributed by atoms with E-state index in [4.69, 9.17) is 21.7 Å². The van der Waals surface area contributed by atoms with E-state index in [-0.39, 0.29) is 17.0 Å². The van der Waals surface area contributed by atoms with Crippen molar-refractivity contribution in [1.82, 2.24) is 9.47 Å². The minimum atomic E-state index is -0.275. The Morgan fingerprint density at radius 3 is 2.39 bits per heavy atom. The van der Waals surface area contributed by atoms with Crippen molar-refractivity contribution in [3.05, 3.63) is 91.6 Å². The van der Waals surface area contributed by atoms with Crippen LogP contribution in [-0.2, 0) is 24.2 Å². The molecule has 46 heavy (non-hydrogen) atoms. The summed E-state index contributed by atoms with van der Waals surface area (Å²) in [4.78, 5) is 31.8. The van der Waals surface area contributed by atoms with Crippen molar-refractivity contribution in [2.45, 2.75) is 52.5 Å². The molecule has 0 aliphatic carbocycles. The molecule has 0 N–H and O–H groups in total. The minimum Gasteiger partial charge on any atom is -0.493 e. The molecule has 2 fully saturated rings. The van der Waals surface area contributed by atoms with Gasteiger partial charge in [0.1, 0.15) is 21.8 Å². The third kappa shape index (κ3) is 7.01. The Balaban J connectivity index is 1.44. The average Bonchev–Trinajstić information content (AvgIpc) is 3.34. The van der Waals surface area contributed by atoms with Crippen molar-refractivity contribution in [2.75, 3.05) is 38.8 Å². The van der Waals surface area contributed by atoms with Crippen molar-refractivity contribution < 1.29 is 14.3 Å². The predicted octanol–water partition coefficient (Wildman–Crippen LogP) is 6.36. The highest BCUT2D eigenvalue weighted by Gasteiger charge is 2.33. The summed E-state index contributed by atoms with van der Waals surface area (Å²) in [7, 11) is 3.19. The largest absolute Gasteiger partial charge is 0.493 e. The van der Waals surface area contributed by atoms with Gasteiger partial charge in [0.05, 0.1) is 19.1 Å². The van der Waals surface area contributed by atoms with E-state index in [0.717, 1.165) is 55.7 Å². The summed E-state index contributed by atoms with van der Waals surface area (Å²) in [5, 5.41) is 10.0. The number of methoxy groups -OCH3 is 2. The van der Waals surface area contributed by atoms with E-state index in [1.54, 1.807) is 23.7 Å². The zero-order valence-corrected chi connectivity index (χ0v) is 28.5. The fourth-order valence-corrected chi connectivity index (χ4v) is 7.60. The normalized spacial score (nSPS) is 16.3. The minimum absolute atomic E-state index is 0.117. The summed E-state index contributed by atoms with van der Waals surface area (Å²) < 4.78 is 13.0. The number of rotatable bonds is 11. The number of anilines is 1. The van der Waals surface area contributed by atoms with Crippen molar-refractivity contribution in [3.8, 4) is 17.6 Å². The second-order valence-electron chi connectivity index (χ2n) is 11.7. The van der Waals surface area contributed by atoms with Crippen molar-refractivity contribution in [3.63, 3.8) is 0 Å². The van der Waals surface area contributed by atoms with Crippen LogP contribution in [0, 0.1) is 24.2 Å². The van der Waals surface area contributed by atoms with Gasteiger partial charge in [-0.25, -0.2) is 0 Å². The average molecular weight is 657 g/mol. The number of aromatic nitrogens is 1. The SMILES string of the molecule is CCCn1c(N2CCC(Cc3ccccc3)CC2)c(C=C2SC(=S)N(CCc3ccc(OC)c(OC)c3)C2=O)c(C)c(C#N)c1=O. The third-order valence-corrected chi connectivity index (χ3v) is 10.2. The Morgan fingerprint density at radius 1 is 1.02 bits per heavy atom. The molecule has 0 bridgehead atoms. The number of hydrogen-bond donors (Lipinski definition) is 0. The lowest BCUT2D eigenvalue weighted by Gasteiger charge is -2.36. The molecule has 1 amide bonds. The van der Waals surface area contributed by atoms with Crippen LogP contribution in [0.4, 0.5) is 5.82 Å². The number of benzene rings is 2. The molecular formula is C36H40N4O4S2. The lowest BCUT2D eigenvalue weighted by Crippen LogP contribution is -2.40. The van der Waals surface area contributed by atoms with Gasteiger partial charge in [-0.2, -0.15) is 5.26 Å². The number of nitrogens with zero attached hydrogens (tertiary/aromatic N) is 4. The van der Waals surface area contributed by atoms with E-state index < -0.39 is 0 Å². The Morgan fingerprint density at radius 2 is 1.74 bits per heavy atom. The van der Waals surface area contributed by atoms with Gasteiger partial charge < -0.3 is 14.4 Å². The second kappa shape index (κ2) is 15.0. The maximum atomic E-state index is 13.8. The van der Waals surface area contributed by atoms with Gasteiger partial charge in [-0.3, -0.25) is 19.1 Å². The zero-order valence-electron chi connectivity index (χ0n) is 26.9. The molecule has 0 radical (unpaired) electrons. The zero-order chi connectivity index (χ0) is 32.8. The standard InChI is InChI=1S/C36H40N4O4S2/c1-5-16-39-33(38-17-13-27(14-18-38)20-25-9-7-6-8-10-25)28(24(2)29(23-37)34(39)41)22-32-35(42)40(36(45)46-32)19-15-26-11-12-30(43-3)31(21-26)44-4/h6-12,21-22,27H,5,13-20H2,1-4H3. The first-order valence-corrected chi connectivity index (χ1v) is 16.9. The fourth-order valence-electron chi connectivity index (χ4n) is 6.31. The quantitative estimate of drug-likeness (QED) is 0.174. The molecule has 8 nitrogen and oxygen atoms in total. The van der Waals surface area contributed by atoms with Gasteiger partial charge in [0.25, 0.3) is 11.5 Å². The van der Waals surface area contributed by atoms with Gasteiger partial charge in [-0.1, -0.05) is 67.3 Å². The van der Waals surface area contributed by atoms with Crippen LogP contribution < -0.4 is 19.9 Å². The maximum absolute atomic E-state index is 13.8. The molecule has 2 saturated heterocycles. The molecule has 0 spiro atoms. The molecule has 3 heterocycles. The number of pyridine rings is 1. The van der Waals surface area contributed by atoms with Crippen LogP contribution >= 0.6 is 24.0 Å². The number of thioether (sulfide) groups is 1. The van der Waals surface area contributed by atoms with Crippen LogP contribution in [0.2, 0.25) is 0 Å². The van der Waals surface area contributed by atoms with Gasteiger partial charge in [-0.05, 0) is 79.8 Å². The number of hydrogen-bond acceptors (Lipinski definition) is 8. The van der Waals surface area contributed by atoms with Gasteiger partial charge >= 0.3 is 0 Å². The van der Waals surface area contributed by atoms with E-state index >= 15 is 0 Å². The van der Waals surface area contributed by atoms with E-state index in [2.05, 4.69) is 35.2 Å². The molecule has 2 aliphatic heterocycles. The van der Waals surface area contributed by atoms with Crippen LogP contribution in [0.1, 0.15) is 54.0 Å². The summed E-state index contributed by atoms with van der Waals surface area (Å²) in [6.07, 6.45) is 6.19.